The minimum atomic E-state index is -0.187. The minimum Gasteiger partial charge on any atom is -0.334 e. The van der Waals surface area contributed by atoms with Crippen molar-refractivity contribution < 1.29 is 9.59 Å². The van der Waals surface area contributed by atoms with E-state index in [1.165, 1.54) is 16.9 Å². The first kappa shape index (κ1) is 10.8. The van der Waals surface area contributed by atoms with Crippen LogP contribution in [0.5, 0.6) is 0 Å². The van der Waals surface area contributed by atoms with Crippen LogP contribution < -0.4 is 5.32 Å². The van der Waals surface area contributed by atoms with Gasteiger partial charge in [-0.1, -0.05) is 0 Å². The van der Waals surface area contributed by atoms with E-state index in [-0.39, 0.29) is 18.0 Å². The summed E-state index contributed by atoms with van der Waals surface area (Å²) >= 11 is 0. The summed E-state index contributed by atoms with van der Waals surface area (Å²) in [6, 6.07) is -0.0930. The fourth-order valence-electron chi connectivity index (χ4n) is 1.47. The zero-order valence-corrected chi connectivity index (χ0v) is 8.91. The van der Waals surface area contributed by atoms with Gasteiger partial charge in [-0.05, 0) is 20.3 Å². The molecule has 0 aromatic heterocycles. The van der Waals surface area contributed by atoms with Crippen molar-refractivity contribution in [3.8, 4) is 0 Å². The summed E-state index contributed by atoms with van der Waals surface area (Å²) in [7, 11) is 0. The first-order valence-electron chi connectivity index (χ1n) is 4.88. The Balaban J connectivity index is 2.58. The Morgan fingerprint density at radius 3 is 2.29 bits per heavy atom. The third-order valence-electron chi connectivity index (χ3n) is 2.04. The zero-order valence-electron chi connectivity index (χ0n) is 8.91. The lowest BCUT2D eigenvalue weighted by Crippen LogP contribution is -2.50. The number of carbonyl (C=O) groups excluding carboxylic acids is 2. The maximum atomic E-state index is 11.6. The summed E-state index contributed by atoms with van der Waals surface area (Å²) in [5.74, 6) is -0.0820. The molecule has 3 amide bonds. The van der Waals surface area contributed by atoms with Crippen molar-refractivity contribution in [2.45, 2.75) is 33.2 Å². The minimum absolute atomic E-state index is 0.0820. The van der Waals surface area contributed by atoms with Crippen molar-refractivity contribution in [3.05, 3.63) is 0 Å². The van der Waals surface area contributed by atoms with Crippen molar-refractivity contribution in [2.75, 3.05) is 13.1 Å². The molecule has 0 aromatic rings. The van der Waals surface area contributed by atoms with Crippen LogP contribution >= 0.6 is 0 Å². The van der Waals surface area contributed by atoms with Crippen LogP contribution in [-0.4, -0.2) is 41.1 Å². The third-order valence-corrected chi connectivity index (χ3v) is 2.04. The molecule has 0 bridgehead atoms. The predicted molar refractivity (Wildman–Crippen MR) is 52.4 cm³/mol. The molecule has 1 aliphatic rings. The first-order chi connectivity index (χ1) is 6.52. The van der Waals surface area contributed by atoms with E-state index in [1.807, 2.05) is 13.8 Å². The van der Waals surface area contributed by atoms with E-state index >= 15 is 0 Å². The van der Waals surface area contributed by atoms with E-state index < -0.39 is 0 Å². The average molecular weight is 199 g/mol. The molecule has 14 heavy (non-hydrogen) atoms. The number of rotatable bonds is 1. The van der Waals surface area contributed by atoms with Gasteiger partial charge < -0.3 is 5.32 Å². The van der Waals surface area contributed by atoms with Gasteiger partial charge in [-0.2, -0.15) is 0 Å². The van der Waals surface area contributed by atoms with E-state index in [9.17, 15) is 9.59 Å². The molecule has 0 spiro atoms. The molecule has 1 heterocycles. The Bertz CT molecular complexity index is 240. The van der Waals surface area contributed by atoms with Crippen LogP contribution in [-0.2, 0) is 4.79 Å². The van der Waals surface area contributed by atoms with Gasteiger partial charge >= 0.3 is 6.03 Å². The third kappa shape index (κ3) is 2.37. The number of hydrogen-bond acceptors (Lipinski definition) is 2. The number of carbonyl (C=O) groups is 2. The molecule has 1 N–H and O–H groups in total. The van der Waals surface area contributed by atoms with Gasteiger partial charge in [0.05, 0.1) is 0 Å². The SMILES string of the molecule is CC(=O)N1CCCN1C(=O)NC(C)C. The highest BCUT2D eigenvalue weighted by Gasteiger charge is 2.28. The van der Waals surface area contributed by atoms with Crippen molar-refractivity contribution in [3.63, 3.8) is 0 Å². The van der Waals surface area contributed by atoms with Crippen LogP contribution in [0.1, 0.15) is 27.2 Å². The summed E-state index contributed by atoms with van der Waals surface area (Å²) < 4.78 is 0. The fourth-order valence-corrected chi connectivity index (χ4v) is 1.47. The van der Waals surface area contributed by atoms with Gasteiger partial charge in [-0.25, -0.2) is 9.80 Å². The number of amides is 3. The quantitative estimate of drug-likeness (QED) is 0.671. The molecule has 0 aromatic carbocycles. The van der Waals surface area contributed by atoms with Crippen LogP contribution in [0.3, 0.4) is 0 Å². The summed E-state index contributed by atoms with van der Waals surface area (Å²) in [5.41, 5.74) is 0. The van der Waals surface area contributed by atoms with Gasteiger partial charge in [0.1, 0.15) is 0 Å². The van der Waals surface area contributed by atoms with Crippen LogP contribution in [0.25, 0.3) is 0 Å². The van der Waals surface area contributed by atoms with Crippen molar-refractivity contribution in [1.82, 2.24) is 15.3 Å². The summed E-state index contributed by atoms with van der Waals surface area (Å²) in [6.07, 6.45) is 0.852. The number of nitrogens with zero attached hydrogens (tertiary/aromatic N) is 2. The number of nitrogens with one attached hydrogen (secondary N) is 1. The van der Waals surface area contributed by atoms with E-state index in [0.29, 0.717) is 13.1 Å². The summed E-state index contributed by atoms with van der Waals surface area (Å²) in [5, 5.41) is 5.72. The second-order valence-corrected chi connectivity index (χ2v) is 3.72. The molecule has 5 heteroatoms. The molecule has 1 aliphatic heterocycles. The number of urea groups is 1. The monoisotopic (exact) mass is 199 g/mol. The topological polar surface area (TPSA) is 52.7 Å². The van der Waals surface area contributed by atoms with E-state index in [2.05, 4.69) is 5.32 Å². The first-order valence-corrected chi connectivity index (χ1v) is 4.88. The molecule has 1 rings (SSSR count). The molecule has 1 fully saturated rings. The Kier molecular flexibility index (Phi) is 3.33. The molecule has 0 unspecified atom stereocenters. The van der Waals surface area contributed by atoms with Gasteiger partial charge in [0, 0.05) is 26.1 Å². The molecular weight excluding hydrogens is 182 g/mol. The molecular formula is C9H17N3O2. The molecule has 80 valence electrons. The lowest BCUT2D eigenvalue weighted by atomic mass is 10.4. The van der Waals surface area contributed by atoms with E-state index in [1.54, 1.807) is 0 Å². The second-order valence-electron chi connectivity index (χ2n) is 3.72. The van der Waals surface area contributed by atoms with Crippen molar-refractivity contribution >= 4 is 11.9 Å². The highest BCUT2D eigenvalue weighted by molar-refractivity contribution is 5.80. The van der Waals surface area contributed by atoms with Crippen LogP contribution in [0.15, 0.2) is 0 Å². The lowest BCUT2D eigenvalue weighted by molar-refractivity contribution is -0.137. The molecule has 1 saturated heterocycles. The van der Waals surface area contributed by atoms with Crippen molar-refractivity contribution in [1.29, 1.82) is 0 Å². The molecule has 0 radical (unpaired) electrons. The highest BCUT2D eigenvalue weighted by atomic mass is 16.2. The van der Waals surface area contributed by atoms with E-state index in [0.717, 1.165) is 6.42 Å². The van der Waals surface area contributed by atoms with Crippen molar-refractivity contribution in [2.24, 2.45) is 0 Å². The molecule has 0 saturated carbocycles. The molecule has 0 aliphatic carbocycles. The normalized spacial score (nSPS) is 16.3. The highest BCUT2D eigenvalue weighted by Crippen LogP contribution is 2.10. The Morgan fingerprint density at radius 2 is 1.79 bits per heavy atom. The molecule has 0 atom stereocenters. The Hall–Kier alpha value is -1.26. The standard InChI is InChI=1S/C9H17N3O2/c1-7(2)10-9(14)12-6-4-5-11(12)8(3)13/h7H,4-6H2,1-3H3,(H,10,14). The van der Waals surface area contributed by atoms with Gasteiger partial charge in [-0.3, -0.25) is 9.80 Å². The number of hydrogen-bond donors (Lipinski definition) is 1. The zero-order chi connectivity index (χ0) is 10.7. The largest absolute Gasteiger partial charge is 0.336 e. The number of hydrazine groups is 1. The lowest BCUT2D eigenvalue weighted by Gasteiger charge is -2.27. The second kappa shape index (κ2) is 4.30. The van der Waals surface area contributed by atoms with Crippen LogP contribution in [0, 0.1) is 0 Å². The molecule has 5 nitrogen and oxygen atoms in total. The summed E-state index contributed by atoms with van der Waals surface area (Å²) in [6.45, 7) is 6.53. The van der Waals surface area contributed by atoms with Crippen LogP contribution in [0.2, 0.25) is 0 Å². The average Bonchev–Trinajstić information content (AvgIpc) is 2.49. The smallest absolute Gasteiger partial charge is 0.334 e. The van der Waals surface area contributed by atoms with Gasteiger partial charge in [-0.15, -0.1) is 0 Å². The Morgan fingerprint density at radius 1 is 1.21 bits per heavy atom. The fraction of sp³-hybridized carbons (Fsp3) is 0.778. The Labute approximate surface area is 84.0 Å². The predicted octanol–water partition coefficient (Wildman–Crippen LogP) is 0.574. The maximum absolute atomic E-state index is 11.6. The van der Waals surface area contributed by atoms with Gasteiger partial charge in [0.15, 0.2) is 0 Å². The maximum Gasteiger partial charge on any atom is 0.336 e. The van der Waals surface area contributed by atoms with E-state index in [4.69, 9.17) is 0 Å². The van der Waals surface area contributed by atoms with Crippen LogP contribution in [0.4, 0.5) is 4.79 Å². The summed E-state index contributed by atoms with van der Waals surface area (Å²) in [4.78, 5) is 22.7. The van der Waals surface area contributed by atoms with Gasteiger partial charge in [0.2, 0.25) is 5.91 Å². The van der Waals surface area contributed by atoms with Gasteiger partial charge in [0.25, 0.3) is 0 Å².